The maximum absolute atomic E-state index is 5.72. The molecule has 1 fully saturated rings. The Morgan fingerprint density at radius 3 is 2.79 bits per heavy atom. The Labute approximate surface area is 119 Å². The van der Waals surface area contributed by atoms with Crippen molar-refractivity contribution < 1.29 is 4.74 Å². The van der Waals surface area contributed by atoms with Gasteiger partial charge in [-0.2, -0.15) is 11.8 Å². The summed E-state index contributed by atoms with van der Waals surface area (Å²) in [7, 11) is 0. The summed E-state index contributed by atoms with van der Waals surface area (Å²) in [5, 5.41) is 0. The summed E-state index contributed by atoms with van der Waals surface area (Å²) in [5.74, 6) is 1.61. The third-order valence-corrected chi connectivity index (χ3v) is 3.62. The molecule has 1 heterocycles. The number of anilines is 1. The highest BCUT2D eigenvalue weighted by Gasteiger charge is 2.15. The van der Waals surface area contributed by atoms with E-state index in [1.807, 2.05) is 18.7 Å². The van der Waals surface area contributed by atoms with Crippen molar-refractivity contribution in [3.05, 3.63) is 23.8 Å². The van der Waals surface area contributed by atoms with Crippen molar-refractivity contribution in [3.63, 3.8) is 0 Å². The third-order valence-electron chi connectivity index (χ3n) is 3.00. The Morgan fingerprint density at radius 1 is 1.42 bits per heavy atom. The molecule has 0 aromatic heterocycles. The Morgan fingerprint density at radius 2 is 2.16 bits per heavy atom. The van der Waals surface area contributed by atoms with E-state index < -0.39 is 0 Å². The molecule has 0 amide bonds. The molecule has 0 bridgehead atoms. The Hall–Kier alpha value is -1.20. The number of aliphatic imine (C=N–C) groups is 1. The van der Waals surface area contributed by atoms with Crippen LogP contribution >= 0.6 is 11.8 Å². The van der Waals surface area contributed by atoms with E-state index in [9.17, 15) is 0 Å². The Kier molecular flexibility index (Phi) is 5.10. The van der Waals surface area contributed by atoms with Crippen LogP contribution in [0.15, 0.2) is 23.2 Å². The average Bonchev–Trinajstić information content (AvgIpc) is 2.41. The first-order chi connectivity index (χ1) is 9.20. The lowest BCUT2D eigenvalue weighted by Crippen LogP contribution is -2.36. The second-order valence-electron chi connectivity index (χ2n) is 4.61. The number of amidine groups is 1. The number of hydrogen-bond donors (Lipinski definition) is 1. The van der Waals surface area contributed by atoms with E-state index in [1.54, 1.807) is 0 Å². The van der Waals surface area contributed by atoms with Crippen molar-refractivity contribution in [3.8, 4) is 0 Å². The molecule has 19 heavy (non-hydrogen) atoms. The highest BCUT2D eigenvalue weighted by Crippen LogP contribution is 2.31. The first-order valence-electron chi connectivity index (χ1n) is 6.46. The van der Waals surface area contributed by atoms with Crippen molar-refractivity contribution >= 4 is 29.0 Å². The minimum atomic E-state index is 0.590. The van der Waals surface area contributed by atoms with Crippen LogP contribution in [0.5, 0.6) is 0 Å². The van der Waals surface area contributed by atoms with Crippen molar-refractivity contribution in [2.24, 2.45) is 10.7 Å². The van der Waals surface area contributed by atoms with Crippen LogP contribution in [0.4, 0.5) is 11.4 Å². The number of rotatable bonds is 4. The van der Waals surface area contributed by atoms with Gasteiger partial charge in [-0.25, -0.2) is 4.99 Å². The SMILES string of the molecule is CSCc1ccc(N=C(C)N)c(N2CCOCC2)c1. The minimum Gasteiger partial charge on any atom is -0.387 e. The fourth-order valence-electron chi connectivity index (χ4n) is 2.17. The molecule has 1 aromatic rings. The van der Waals surface area contributed by atoms with Crippen molar-refractivity contribution in [2.75, 3.05) is 37.5 Å². The van der Waals surface area contributed by atoms with Gasteiger partial charge in [-0.1, -0.05) is 6.07 Å². The molecule has 0 aliphatic carbocycles. The van der Waals surface area contributed by atoms with Gasteiger partial charge in [0.2, 0.25) is 0 Å². The van der Waals surface area contributed by atoms with E-state index in [-0.39, 0.29) is 0 Å². The first kappa shape index (κ1) is 14.2. The van der Waals surface area contributed by atoms with E-state index >= 15 is 0 Å². The summed E-state index contributed by atoms with van der Waals surface area (Å²) < 4.78 is 5.41. The van der Waals surface area contributed by atoms with Crippen LogP contribution in [0, 0.1) is 0 Å². The summed E-state index contributed by atoms with van der Waals surface area (Å²) in [6.07, 6.45) is 2.12. The maximum atomic E-state index is 5.72. The molecule has 0 spiro atoms. The van der Waals surface area contributed by atoms with Crippen LogP contribution in [0.25, 0.3) is 0 Å². The smallest absolute Gasteiger partial charge is 0.0965 e. The van der Waals surface area contributed by atoms with Crippen LogP contribution in [0.1, 0.15) is 12.5 Å². The number of nitrogens with two attached hydrogens (primary N) is 1. The van der Waals surface area contributed by atoms with Crippen molar-refractivity contribution in [1.29, 1.82) is 0 Å². The van der Waals surface area contributed by atoms with Crippen LogP contribution in [-0.2, 0) is 10.5 Å². The zero-order chi connectivity index (χ0) is 13.7. The molecule has 0 atom stereocenters. The van der Waals surface area contributed by atoms with Gasteiger partial charge in [-0.3, -0.25) is 0 Å². The second kappa shape index (κ2) is 6.82. The van der Waals surface area contributed by atoms with Crippen LogP contribution in [0.3, 0.4) is 0 Å². The van der Waals surface area contributed by atoms with E-state index in [2.05, 4.69) is 34.3 Å². The highest BCUT2D eigenvalue weighted by molar-refractivity contribution is 7.97. The van der Waals surface area contributed by atoms with Gasteiger partial charge in [-0.05, 0) is 30.9 Å². The standard InChI is InChI=1S/C14H21N3OS/c1-11(15)16-13-4-3-12(10-19-2)9-14(13)17-5-7-18-8-6-17/h3-4,9H,5-8,10H2,1-2H3,(H2,15,16). The van der Waals surface area contributed by atoms with Crippen LogP contribution < -0.4 is 10.6 Å². The molecule has 0 unspecified atom stereocenters. The highest BCUT2D eigenvalue weighted by atomic mass is 32.2. The number of hydrogen-bond acceptors (Lipinski definition) is 4. The van der Waals surface area contributed by atoms with Gasteiger partial charge >= 0.3 is 0 Å². The molecule has 1 aliphatic heterocycles. The molecule has 4 nitrogen and oxygen atoms in total. The predicted molar refractivity (Wildman–Crippen MR) is 83.6 cm³/mol. The van der Waals surface area contributed by atoms with Gasteiger partial charge in [0.1, 0.15) is 0 Å². The number of ether oxygens (including phenoxy) is 1. The minimum absolute atomic E-state index is 0.590. The molecule has 1 aliphatic rings. The number of thioether (sulfide) groups is 1. The monoisotopic (exact) mass is 279 g/mol. The zero-order valence-corrected chi connectivity index (χ0v) is 12.4. The van der Waals surface area contributed by atoms with E-state index in [0.717, 1.165) is 37.7 Å². The molecular formula is C14H21N3OS. The largest absolute Gasteiger partial charge is 0.387 e. The summed E-state index contributed by atoms with van der Waals surface area (Å²) in [6.45, 7) is 5.19. The molecule has 0 saturated carbocycles. The van der Waals surface area contributed by atoms with Gasteiger partial charge in [0.05, 0.1) is 30.4 Å². The van der Waals surface area contributed by atoms with E-state index in [1.165, 1.54) is 11.3 Å². The van der Waals surface area contributed by atoms with Crippen LogP contribution in [0.2, 0.25) is 0 Å². The zero-order valence-electron chi connectivity index (χ0n) is 11.6. The average molecular weight is 279 g/mol. The van der Waals surface area contributed by atoms with Gasteiger partial charge < -0.3 is 15.4 Å². The number of nitrogens with zero attached hydrogens (tertiary/aromatic N) is 2. The molecule has 2 rings (SSSR count). The van der Waals surface area contributed by atoms with Gasteiger partial charge in [0.15, 0.2) is 0 Å². The normalized spacial score (nSPS) is 16.7. The summed E-state index contributed by atoms with van der Waals surface area (Å²) in [4.78, 5) is 6.77. The lowest BCUT2D eigenvalue weighted by Gasteiger charge is -2.30. The van der Waals surface area contributed by atoms with Gasteiger partial charge in [0.25, 0.3) is 0 Å². The number of morpholine rings is 1. The summed E-state index contributed by atoms with van der Waals surface area (Å²) >= 11 is 1.83. The van der Waals surface area contributed by atoms with Gasteiger partial charge in [-0.15, -0.1) is 0 Å². The summed E-state index contributed by atoms with van der Waals surface area (Å²) in [6, 6.07) is 6.42. The van der Waals surface area contributed by atoms with Gasteiger partial charge in [0, 0.05) is 18.8 Å². The molecule has 104 valence electrons. The molecule has 1 saturated heterocycles. The maximum Gasteiger partial charge on any atom is 0.0965 e. The molecule has 5 heteroatoms. The lowest BCUT2D eigenvalue weighted by atomic mass is 10.1. The van der Waals surface area contributed by atoms with Crippen molar-refractivity contribution in [1.82, 2.24) is 0 Å². The van der Waals surface area contributed by atoms with E-state index in [0.29, 0.717) is 5.84 Å². The fraction of sp³-hybridized carbons (Fsp3) is 0.500. The van der Waals surface area contributed by atoms with Crippen molar-refractivity contribution in [2.45, 2.75) is 12.7 Å². The Balaban J connectivity index is 2.33. The van der Waals surface area contributed by atoms with Crippen LogP contribution in [-0.4, -0.2) is 38.4 Å². The summed E-state index contributed by atoms with van der Waals surface area (Å²) in [5.41, 5.74) is 9.16. The molecule has 1 aromatic carbocycles. The first-order valence-corrected chi connectivity index (χ1v) is 7.85. The fourth-order valence-corrected chi connectivity index (χ4v) is 2.68. The molecule has 0 radical (unpaired) electrons. The molecule has 2 N–H and O–H groups in total. The molecular weight excluding hydrogens is 258 g/mol. The number of benzene rings is 1. The predicted octanol–water partition coefficient (Wildman–Crippen LogP) is 2.39. The quantitative estimate of drug-likeness (QED) is 0.679. The lowest BCUT2D eigenvalue weighted by molar-refractivity contribution is 0.123. The van der Waals surface area contributed by atoms with E-state index in [4.69, 9.17) is 10.5 Å². The Bertz CT molecular complexity index is 452. The second-order valence-corrected chi connectivity index (χ2v) is 5.47. The third kappa shape index (κ3) is 3.88. The topological polar surface area (TPSA) is 50.8 Å².